The molecule has 23 heavy (non-hydrogen) atoms. The standard InChI is InChI=1S/C21H40O2/c1-3-5-6-7-8-9-10-11-12-13-14-15-16-17-18-19-20-23-21-22-4-2/h7-8,17-18H,3-6,9-16,19-21H2,1-2H3. The monoisotopic (exact) mass is 324 g/mol. The van der Waals surface area contributed by atoms with Crippen molar-refractivity contribution in [2.24, 2.45) is 0 Å². The molecule has 0 unspecified atom stereocenters. The van der Waals surface area contributed by atoms with Crippen LogP contribution in [0.1, 0.15) is 90.9 Å². The maximum Gasteiger partial charge on any atom is 0.146 e. The first-order chi connectivity index (χ1) is 11.4. The van der Waals surface area contributed by atoms with Gasteiger partial charge in [-0.1, -0.05) is 69.8 Å². The van der Waals surface area contributed by atoms with Gasteiger partial charge in [-0.05, 0) is 45.4 Å². The first kappa shape index (κ1) is 22.4. The van der Waals surface area contributed by atoms with Crippen molar-refractivity contribution in [1.82, 2.24) is 0 Å². The van der Waals surface area contributed by atoms with E-state index in [2.05, 4.69) is 31.2 Å². The highest BCUT2D eigenvalue weighted by Gasteiger charge is 1.90. The van der Waals surface area contributed by atoms with Crippen molar-refractivity contribution in [3.8, 4) is 0 Å². The van der Waals surface area contributed by atoms with Gasteiger partial charge in [-0.3, -0.25) is 0 Å². The normalized spacial score (nSPS) is 11.9. The number of allylic oxidation sites excluding steroid dienone is 3. The molecule has 0 rings (SSSR count). The predicted molar refractivity (Wildman–Crippen MR) is 102 cm³/mol. The van der Waals surface area contributed by atoms with Crippen LogP contribution >= 0.6 is 0 Å². The molecule has 0 aromatic carbocycles. The van der Waals surface area contributed by atoms with Crippen LogP contribution < -0.4 is 0 Å². The first-order valence-corrected chi connectivity index (χ1v) is 9.87. The van der Waals surface area contributed by atoms with Gasteiger partial charge in [0.2, 0.25) is 0 Å². The van der Waals surface area contributed by atoms with Gasteiger partial charge in [0.05, 0.1) is 6.61 Å². The van der Waals surface area contributed by atoms with Crippen molar-refractivity contribution in [2.75, 3.05) is 20.0 Å². The third-order valence-corrected chi connectivity index (χ3v) is 3.85. The number of ether oxygens (including phenoxy) is 2. The Morgan fingerprint density at radius 2 is 1.09 bits per heavy atom. The van der Waals surface area contributed by atoms with Crippen molar-refractivity contribution in [1.29, 1.82) is 0 Å². The highest BCUT2D eigenvalue weighted by molar-refractivity contribution is 4.81. The van der Waals surface area contributed by atoms with E-state index in [4.69, 9.17) is 9.47 Å². The third kappa shape index (κ3) is 21.4. The molecule has 0 aliphatic rings. The van der Waals surface area contributed by atoms with E-state index in [1.165, 1.54) is 70.6 Å². The van der Waals surface area contributed by atoms with Gasteiger partial charge in [-0.25, -0.2) is 0 Å². The molecule has 0 aliphatic heterocycles. The maximum absolute atomic E-state index is 5.31. The lowest BCUT2D eigenvalue weighted by Gasteiger charge is -2.01. The molecular formula is C21H40O2. The summed E-state index contributed by atoms with van der Waals surface area (Å²) in [6, 6.07) is 0. The molecule has 0 N–H and O–H groups in total. The number of hydrogen-bond donors (Lipinski definition) is 0. The van der Waals surface area contributed by atoms with Crippen molar-refractivity contribution >= 4 is 0 Å². The van der Waals surface area contributed by atoms with E-state index in [1.54, 1.807) is 0 Å². The first-order valence-electron chi connectivity index (χ1n) is 9.87. The fraction of sp³-hybridized carbons (Fsp3) is 0.810. The fourth-order valence-electron chi connectivity index (χ4n) is 2.38. The molecule has 0 saturated carbocycles. The van der Waals surface area contributed by atoms with Crippen LogP contribution in [0.4, 0.5) is 0 Å². The topological polar surface area (TPSA) is 18.5 Å². The lowest BCUT2D eigenvalue weighted by molar-refractivity contribution is -0.0476. The number of unbranched alkanes of at least 4 members (excludes halogenated alkanes) is 9. The Bertz CT molecular complexity index is 259. The summed E-state index contributed by atoms with van der Waals surface area (Å²) >= 11 is 0. The van der Waals surface area contributed by atoms with Crippen molar-refractivity contribution in [3.63, 3.8) is 0 Å². The van der Waals surface area contributed by atoms with Crippen LogP contribution in [0.5, 0.6) is 0 Å². The lowest BCUT2D eigenvalue weighted by Crippen LogP contribution is -1.99. The summed E-state index contributed by atoms with van der Waals surface area (Å²) in [5.74, 6) is 0. The molecule has 2 heteroatoms. The van der Waals surface area contributed by atoms with E-state index in [0.29, 0.717) is 6.79 Å². The van der Waals surface area contributed by atoms with Gasteiger partial charge >= 0.3 is 0 Å². The molecule has 0 fully saturated rings. The Balaban J connectivity index is 3.08. The van der Waals surface area contributed by atoms with Gasteiger partial charge in [0, 0.05) is 6.61 Å². The van der Waals surface area contributed by atoms with Crippen LogP contribution in [0.15, 0.2) is 24.3 Å². The number of hydrogen-bond acceptors (Lipinski definition) is 2. The maximum atomic E-state index is 5.31. The Morgan fingerprint density at radius 3 is 1.65 bits per heavy atom. The average Bonchev–Trinajstić information content (AvgIpc) is 2.57. The van der Waals surface area contributed by atoms with Gasteiger partial charge in [0.25, 0.3) is 0 Å². The van der Waals surface area contributed by atoms with Crippen LogP contribution in [0.25, 0.3) is 0 Å². The lowest BCUT2D eigenvalue weighted by atomic mass is 10.1. The van der Waals surface area contributed by atoms with E-state index in [9.17, 15) is 0 Å². The molecule has 0 atom stereocenters. The van der Waals surface area contributed by atoms with Crippen LogP contribution in [0.2, 0.25) is 0 Å². The molecule has 0 aliphatic carbocycles. The third-order valence-electron chi connectivity index (χ3n) is 3.85. The predicted octanol–water partition coefficient (Wildman–Crippen LogP) is 6.81. The van der Waals surface area contributed by atoms with E-state index in [0.717, 1.165) is 19.6 Å². The SMILES string of the molecule is CCCCC=CCCCCCCCCC=CCCOCOCC. The zero-order valence-corrected chi connectivity index (χ0v) is 15.7. The van der Waals surface area contributed by atoms with Crippen LogP contribution in [-0.2, 0) is 9.47 Å². The van der Waals surface area contributed by atoms with E-state index < -0.39 is 0 Å². The second-order valence-corrected chi connectivity index (χ2v) is 6.09. The minimum absolute atomic E-state index is 0.429. The van der Waals surface area contributed by atoms with E-state index in [1.807, 2.05) is 6.92 Å². The number of rotatable bonds is 18. The molecule has 136 valence electrons. The molecule has 0 spiro atoms. The molecule has 0 aromatic heterocycles. The van der Waals surface area contributed by atoms with Crippen LogP contribution in [0.3, 0.4) is 0 Å². The summed E-state index contributed by atoms with van der Waals surface area (Å²) in [5, 5.41) is 0. The van der Waals surface area contributed by atoms with Gasteiger partial charge in [0.15, 0.2) is 0 Å². The molecule has 0 heterocycles. The van der Waals surface area contributed by atoms with E-state index in [-0.39, 0.29) is 0 Å². The molecule has 0 saturated heterocycles. The van der Waals surface area contributed by atoms with Crippen LogP contribution in [-0.4, -0.2) is 20.0 Å². The van der Waals surface area contributed by atoms with Crippen molar-refractivity contribution < 1.29 is 9.47 Å². The minimum Gasteiger partial charge on any atom is -0.356 e. The van der Waals surface area contributed by atoms with Gasteiger partial charge in [-0.15, -0.1) is 0 Å². The minimum atomic E-state index is 0.429. The molecule has 0 amide bonds. The quantitative estimate of drug-likeness (QED) is 0.157. The summed E-state index contributed by atoms with van der Waals surface area (Å²) < 4.78 is 10.4. The summed E-state index contributed by atoms with van der Waals surface area (Å²) in [5.41, 5.74) is 0. The second kappa shape index (κ2) is 21.4. The Hall–Kier alpha value is -0.600. The second-order valence-electron chi connectivity index (χ2n) is 6.09. The molecule has 2 nitrogen and oxygen atoms in total. The highest BCUT2D eigenvalue weighted by atomic mass is 16.7. The van der Waals surface area contributed by atoms with Gasteiger partial charge < -0.3 is 9.47 Å². The summed E-state index contributed by atoms with van der Waals surface area (Å²) in [6.07, 6.45) is 24.9. The largest absolute Gasteiger partial charge is 0.356 e. The Labute approximate surface area is 145 Å². The zero-order valence-electron chi connectivity index (χ0n) is 15.7. The molecule has 0 bridgehead atoms. The Morgan fingerprint density at radius 1 is 0.565 bits per heavy atom. The Kier molecular flexibility index (Phi) is 20.8. The zero-order chi connectivity index (χ0) is 16.8. The van der Waals surface area contributed by atoms with Gasteiger partial charge in [-0.2, -0.15) is 0 Å². The molecule has 0 aromatic rings. The average molecular weight is 325 g/mol. The summed E-state index contributed by atoms with van der Waals surface area (Å²) in [6.45, 7) is 6.16. The molecule has 0 radical (unpaired) electrons. The van der Waals surface area contributed by atoms with Gasteiger partial charge in [0.1, 0.15) is 6.79 Å². The smallest absolute Gasteiger partial charge is 0.146 e. The summed E-state index contributed by atoms with van der Waals surface area (Å²) in [4.78, 5) is 0. The van der Waals surface area contributed by atoms with Crippen molar-refractivity contribution in [2.45, 2.75) is 90.9 Å². The fourth-order valence-corrected chi connectivity index (χ4v) is 2.38. The summed E-state index contributed by atoms with van der Waals surface area (Å²) in [7, 11) is 0. The molecular weight excluding hydrogens is 284 g/mol. The highest BCUT2D eigenvalue weighted by Crippen LogP contribution is 2.09. The van der Waals surface area contributed by atoms with Crippen LogP contribution in [0, 0.1) is 0 Å². The van der Waals surface area contributed by atoms with E-state index >= 15 is 0 Å². The van der Waals surface area contributed by atoms with Crippen molar-refractivity contribution in [3.05, 3.63) is 24.3 Å².